The second-order valence-electron chi connectivity index (χ2n) is 8.19. The van der Waals surface area contributed by atoms with Crippen molar-refractivity contribution >= 4 is 11.7 Å². The van der Waals surface area contributed by atoms with Gasteiger partial charge in [-0.05, 0) is 49.4 Å². The molecule has 2 aliphatic heterocycles. The van der Waals surface area contributed by atoms with Gasteiger partial charge in [-0.15, -0.1) is 0 Å². The van der Waals surface area contributed by atoms with Crippen LogP contribution in [0.3, 0.4) is 0 Å². The van der Waals surface area contributed by atoms with Gasteiger partial charge in [0.25, 0.3) is 0 Å². The zero-order valence-electron chi connectivity index (χ0n) is 14.9. The van der Waals surface area contributed by atoms with Crippen molar-refractivity contribution in [2.24, 2.45) is 0 Å². The van der Waals surface area contributed by atoms with Crippen LogP contribution in [0.25, 0.3) is 0 Å². The second-order valence-corrected chi connectivity index (χ2v) is 8.19. The molecule has 0 atom stereocenters. The predicted molar refractivity (Wildman–Crippen MR) is 94.9 cm³/mol. The Bertz CT molecular complexity index is 565. The summed E-state index contributed by atoms with van der Waals surface area (Å²) in [7, 11) is 2.16. The summed E-state index contributed by atoms with van der Waals surface area (Å²) in [6.45, 7) is 9.66. The molecule has 1 N–H and O–H groups in total. The Labute approximate surface area is 139 Å². The van der Waals surface area contributed by atoms with Crippen molar-refractivity contribution in [2.75, 3.05) is 32.0 Å². The van der Waals surface area contributed by atoms with Gasteiger partial charge in [0, 0.05) is 30.9 Å². The molecule has 1 aromatic rings. The van der Waals surface area contributed by atoms with Crippen LogP contribution in [0.5, 0.6) is 0 Å². The molecule has 2 saturated heterocycles. The lowest BCUT2D eigenvalue weighted by molar-refractivity contribution is -0.0166. The Morgan fingerprint density at radius 3 is 2.09 bits per heavy atom. The summed E-state index contributed by atoms with van der Waals surface area (Å²) in [5.41, 5.74) is 2.42. The van der Waals surface area contributed by atoms with E-state index in [0.29, 0.717) is 0 Å². The number of benzene rings is 1. The maximum atomic E-state index is 12.6. The van der Waals surface area contributed by atoms with Gasteiger partial charge in [-0.3, -0.25) is 0 Å². The molecular formula is C19H29N3O. The fourth-order valence-electron chi connectivity index (χ4n) is 3.66. The first kappa shape index (κ1) is 16.3. The average Bonchev–Trinajstić information content (AvgIpc) is 2.46. The summed E-state index contributed by atoms with van der Waals surface area (Å²) >= 11 is 0. The molecule has 2 fully saturated rings. The van der Waals surface area contributed by atoms with E-state index in [1.54, 1.807) is 0 Å². The summed E-state index contributed by atoms with van der Waals surface area (Å²) in [4.78, 5) is 17.0. The average molecular weight is 315 g/mol. The number of amides is 2. The van der Waals surface area contributed by atoms with E-state index < -0.39 is 0 Å². The smallest absolute Gasteiger partial charge is 0.319 e. The van der Waals surface area contributed by atoms with Crippen LogP contribution < -0.4 is 5.32 Å². The number of carbonyl (C=O) groups is 1. The maximum Gasteiger partial charge on any atom is 0.322 e. The molecule has 0 bridgehead atoms. The Hall–Kier alpha value is -1.55. The minimum absolute atomic E-state index is 0.0595. The minimum Gasteiger partial charge on any atom is -0.319 e. The number of nitrogens with one attached hydrogen (secondary N) is 1. The molecule has 2 aliphatic rings. The fraction of sp³-hybridized carbons (Fsp3) is 0.632. The second kappa shape index (κ2) is 5.82. The van der Waals surface area contributed by atoms with Gasteiger partial charge in [-0.25, -0.2) is 4.79 Å². The number of urea groups is 1. The van der Waals surface area contributed by atoms with Crippen molar-refractivity contribution in [3.8, 4) is 0 Å². The third-order valence-electron chi connectivity index (χ3n) is 5.54. The number of carbonyl (C=O) groups excluding carboxylic acids is 1. The number of rotatable bonds is 1. The largest absolute Gasteiger partial charge is 0.322 e. The lowest BCUT2D eigenvalue weighted by Crippen LogP contribution is -2.66. The van der Waals surface area contributed by atoms with Crippen molar-refractivity contribution in [1.29, 1.82) is 0 Å². The number of hydrogen-bond acceptors (Lipinski definition) is 2. The van der Waals surface area contributed by atoms with Gasteiger partial charge in [0.1, 0.15) is 0 Å². The molecule has 0 radical (unpaired) electrons. The van der Waals surface area contributed by atoms with E-state index in [9.17, 15) is 4.79 Å². The highest BCUT2D eigenvalue weighted by molar-refractivity contribution is 5.90. The normalized spacial score (nSPS) is 21.1. The molecule has 23 heavy (non-hydrogen) atoms. The molecule has 0 aliphatic carbocycles. The number of hydrogen-bond donors (Lipinski definition) is 1. The Balaban J connectivity index is 1.63. The predicted octanol–water partition coefficient (Wildman–Crippen LogP) is 3.69. The van der Waals surface area contributed by atoms with Crippen molar-refractivity contribution in [2.45, 2.75) is 51.0 Å². The summed E-state index contributed by atoms with van der Waals surface area (Å²) in [5, 5.41) is 3.08. The van der Waals surface area contributed by atoms with E-state index >= 15 is 0 Å². The van der Waals surface area contributed by atoms with Gasteiger partial charge in [0.2, 0.25) is 0 Å². The quantitative estimate of drug-likeness (QED) is 0.858. The van der Waals surface area contributed by atoms with E-state index in [-0.39, 0.29) is 17.0 Å². The third-order valence-corrected chi connectivity index (χ3v) is 5.54. The SMILES string of the molecule is CN1CCC2(CC1)CCN2C(=O)Nc1ccc(C(C)(C)C)cc1. The van der Waals surface area contributed by atoms with E-state index in [1.807, 2.05) is 12.1 Å². The molecule has 126 valence electrons. The molecule has 0 unspecified atom stereocenters. The first-order valence-electron chi connectivity index (χ1n) is 8.68. The molecular weight excluding hydrogens is 286 g/mol. The van der Waals surface area contributed by atoms with Crippen LogP contribution in [0.4, 0.5) is 10.5 Å². The van der Waals surface area contributed by atoms with Crippen molar-refractivity contribution in [3.63, 3.8) is 0 Å². The van der Waals surface area contributed by atoms with E-state index in [2.05, 4.69) is 55.1 Å². The molecule has 4 nitrogen and oxygen atoms in total. The molecule has 1 aromatic carbocycles. The van der Waals surface area contributed by atoms with E-state index in [0.717, 1.165) is 44.6 Å². The molecule has 3 rings (SSSR count). The molecule has 2 heterocycles. The molecule has 4 heteroatoms. The highest BCUT2D eigenvalue weighted by Gasteiger charge is 2.48. The summed E-state index contributed by atoms with van der Waals surface area (Å²) in [6, 6.07) is 8.30. The number of piperidine rings is 1. The van der Waals surface area contributed by atoms with E-state index in [4.69, 9.17) is 0 Å². The van der Waals surface area contributed by atoms with Crippen molar-refractivity contribution < 1.29 is 4.79 Å². The van der Waals surface area contributed by atoms with Crippen LogP contribution in [0.1, 0.15) is 45.6 Å². The summed E-state index contributed by atoms with van der Waals surface area (Å²) < 4.78 is 0. The molecule has 1 spiro atoms. The van der Waals surface area contributed by atoms with Crippen LogP contribution in [0.2, 0.25) is 0 Å². The lowest BCUT2D eigenvalue weighted by atomic mass is 9.77. The first-order chi connectivity index (χ1) is 10.8. The molecule has 2 amide bonds. The van der Waals surface area contributed by atoms with E-state index in [1.165, 1.54) is 5.56 Å². The van der Waals surface area contributed by atoms with Crippen LogP contribution in [-0.2, 0) is 5.41 Å². The summed E-state index contributed by atoms with van der Waals surface area (Å²) in [6.07, 6.45) is 3.34. The van der Waals surface area contributed by atoms with Gasteiger partial charge in [0.05, 0.1) is 0 Å². The zero-order chi connectivity index (χ0) is 16.7. The van der Waals surface area contributed by atoms with Crippen molar-refractivity contribution in [1.82, 2.24) is 9.80 Å². The number of nitrogens with zero attached hydrogens (tertiary/aromatic N) is 2. The van der Waals surface area contributed by atoms with Crippen LogP contribution in [0.15, 0.2) is 24.3 Å². The summed E-state index contributed by atoms with van der Waals surface area (Å²) in [5.74, 6) is 0. The Morgan fingerprint density at radius 1 is 1.04 bits per heavy atom. The topological polar surface area (TPSA) is 35.6 Å². The molecule has 0 aromatic heterocycles. The third kappa shape index (κ3) is 3.23. The standard InChI is InChI=1S/C19H29N3O/c1-18(2,3)15-5-7-16(8-6-15)20-17(23)22-14-11-19(22)9-12-21(4)13-10-19/h5-8H,9-14H2,1-4H3,(H,20,23). The monoisotopic (exact) mass is 315 g/mol. The maximum absolute atomic E-state index is 12.6. The van der Waals surface area contributed by atoms with Gasteiger partial charge < -0.3 is 15.1 Å². The highest BCUT2D eigenvalue weighted by atomic mass is 16.2. The number of anilines is 1. The Morgan fingerprint density at radius 2 is 1.61 bits per heavy atom. The number of likely N-dealkylation sites (tertiary alicyclic amines) is 2. The fourth-order valence-corrected chi connectivity index (χ4v) is 3.66. The lowest BCUT2D eigenvalue weighted by Gasteiger charge is -2.55. The van der Waals surface area contributed by atoms with Gasteiger partial charge in [-0.2, -0.15) is 0 Å². The van der Waals surface area contributed by atoms with Gasteiger partial charge >= 0.3 is 6.03 Å². The van der Waals surface area contributed by atoms with Gasteiger partial charge in [0.15, 0.2) is 0 Å². The van der Waals surface area contributed by atoms with Crippen LogP contribution >= 0.6 is 0 Å². The van der Waals surface area contributed by atoms with Gasteiger partial charge in [-0.1, -0.05) is 32.9 Å². The van der Waals surface area contributed by atoms with Crippen molar-refractivity contribution in [3.05, 3.63) is 29.8 Å². The molecule has 0 saturated carbocycles. The Kier molecular flexibility index (Phi) is 4.13. The van der Waals surface area contributed by atoms with Crippen LogP contribution in [-0.4, -0.2) is 48.1 Å². The van der Waals surface area contributed by atoms with Crippen LogP contribution in [0, 0.1) is 0 Å². The first-order valence-corrected chi connectivity index (χ1v) is 8.68. The highest BCUT2D eigenvalue weighted by Crippen LogP contribution is 2.40. The zero-order valence-corrected chi connectivity index (χ0v) is 14.9. The minimum atomic E-state index is 0.0595.